The molecule has 4 atom stereocenters. The normalized spacial score (nSPS) is 18.4. The highest BCUT2D eigenvalue weighted by molar-refractivity contribution is 6.62. The lowest BCUT2D eigenvalue weighted by atomic mass is 9.52. The van der Waals surface area contributed by atoms with Crippen molar-refractivity contribution in [3.05, 3.63) is 507 Å². The standard InChI is InChI=1S/C54H34N2.C44H35BO2.C16H11ClN2.CH4.BH4/c1-4-17-35(18-5-1)49-34-50(56-52(55-49)36-19-6-2-7-20-36)37-31-32-41-39-23-10-13-27-44(39)54(48(41)33-37)46-29-15-14-28-45(46)53(38-21-8-3-9-22-38)43-26-12-11-24-40(43)42-25-16-30-47(54)51(42)53;1-41(2)42(3,4)47-45(46-41)29-25-26-32-30-17-8-11-21-35(30)44(39(32)27-29)37-23-13-12-22-36(37)43(28-15-6-5-7-16-28)34-20-10-9-18-31(34)33-19-14-24-38(44)40(33)43;17-15-11-14(12-7-3-1-4-8-12)18-16(19-15)13-9-5-2-6-10-13;;/h1-34H;5-27H,1-4H3;1-11H;2*1H4/q;;;;-1. The minimum absolute atomic E-state index is 0. The Labute approximate surface area is 732 Å². The predicted molar refractivity (Wildman–Crippen MR) is 513 cm³/mol. The summed E-state index contributed by atoms with van der Waals surface area (Å²) in [7, 11) is -0.445. The lowest BCUT2D eigenvalue weighted by molar-refractivity contribution is 0.00578. The van der Waals surface area contributed by atoms with E-state index in [1.54, 1.807) is 6.07 Å². The number of rotatable bonds is 8. The van der Waals surface area contributed by atoms with Gasteiger partial charge in [-0.3, -0.25) is 0 Å². The minimum atomic E-state index is -0.568. The molecule has 0 amide bonds. The van der Waals surface area contributed by atoms with Gasteiger partial charge in [-0.1, -0.05) is 422 Å². The summed E-state index contributed by atoms with van der Waals surface area (Å²) in [5.74, 6) is 1.36. The third kappa shape index (κ3) is 11.2. The summed E-state index contributed by atoms with van der Waals surface area (Å²) in [4.78, 5) is 19.3. The van der Waals surface area contributed by atoms with Crippen LogP contribution in [0.1, 0.15) is 124 Å². The summed E-state index contributed by atoms with van der Waals surface area (Å²) in [6.07, 6.45) is 0. The predicted octanol–water partition coefficient (Wildman–Crippen LogP) is 25.2. The van der Waals surface area contributed by atoms with Crippen molar-refractivity contribution in [2.45, 2.75) is 68.0 Å². The Morgan fingerprint density at radius 2 is 0.524 bits per heavy atom. The summed E-state index contributed by atoms with van der Waals surface area (Å²) in [6, 6.07) is 150. The fraction of sp³-hybridized carbons (Fsp3) is 0.0957. The number of nitrogens with zero attached hydrogens (tertiary/aromatic N) is 4. The minimum Gasteiger partial charge on any atom is -0.399 e. The Morgan fingerprint density at radius 1 is 0.234 bits per heavy atom. The molecule has 6 nitrogen and oxygen atoms in total. The molecule has 9 heteroatoms. The number of fused-ring (bicyclic) bond motifs is 24. The first-order chi connectivity index (χ1) is 59.9. The van der Waals surface area contributed by atoms with Crippen molar-refractivity contribution in [3.8, 4) is 101 Å². The molecule has 18 aromatic rings. The molecule has 0 N–H and O–H groups in total. The molecule has 3 heterocycles. The van der Waals surface area contributed by atoms with Crippen LogP contribution in [0.4, 0.5) is 0 Å². The number of hydrogen-bond acceptors (Lipinski definition) is 6. The first-order valence-electron chi connectivity index (χ1n) is 42.2. The quantitative estimate of drug-likeness (QED) is 0.112. The van der Waals surface area contributed by atoms with Gasteiger partial charge < -0.3 is 9.31 Å². The van der Waals surface area contributed by atoms with Gasteiger partial charge in [0.1, 0.15) is 5.15 Å². The molecule has 1 fully saturated rings. The number of halogens is 1. The third-order valence-electron chi connectivity index (χ3n) is 27.4. The van der Waals surface area contributed by atoms with E-state index in [9.17, 15) is 0 Å². The molecule has 7 aliphatic rings. The maximum absolute atomic E-state index is 6.64. The van der Waals surface area contributed by atoms with Crippen LogP contribution in [-0.2, 0) is 31.0 Å². The van der Waals surface area contributed by atoms with Crippen molar-refractivity contribution in [2.75, 3.05) is 0 Å². The van der Waals surface area contributed by atoms with E-state index >= 15 is 0 Å². The van der Waals surface area contributed by atoms with Crippen molar-refractivity contribution in [2.24, 2.45) is 0 Å². The van der Waals surface area contributed by atoms with Gasteiger partial charge >= 0.3 is 7.12 Å². The Bertz CT molecular complexity index is 7120. The Morgan fingerprint density at radius 3 is 0.944 bits per heavy atom. The first-order valence-corrected chi connectivity index (χ1v) is 42.6. The van der Waals surface area contributed by atoms with E-state index in [0.717, 1.165) is 56.2 Å². The molecule has 2 spiro atoms. The summed E-state index contributed by atoms with van der Waals surface area (Å²) >= 11 is 6.10. The Hall–Kier alpha value is -14.0. The average Bonchev–Trinajstić information content (AvgIpc) is 1.48. The molecule has 0 bridgehead atoms. The lowest BCUT2D eigenvalue weighted by Crippen LogP contribution is -2.44. The van der Waals surface area contributed by atoms with E-state index in [2.05, 4.69) is 377 Å². The van der Waals surface area contributed by atoms with E-state index in [4.69, 9.17) is 30.9 Å². The summed E-state index contributed by atoms with van der Waals surface area (Å²) in [5, 5.41) is 0.452. The maximum atomic E-state index is 6.64. The average molecular weight is 1620 g/mol. The molecule has 124 heavy (non-hydrogen) atoms. The second-order valence-electron chi connectivity index (χ2n) is 33.9. The highest BCUT2D eigenvalue weighted by Gasteiger charge is 2.63. The highest BCUT2D eigenvalue weighted by atomic mass is 35.5. The van der Waals surface area contributed by atoms with Crippen LogP contribution in [-0.4, -0.2) is 46.7 Å². The monoisotopic (exact) mass is 1610 g/mol. The molecular formula is C115H88B2ClN4O2-. The third-order valence-corrected chi connectivity index (χ3v) is 27.6. The van der Waals surface area contributed by atoms with Gasteiger partial charge in [0.25, 0.3) is 0 Å². The van der Waals surface area contributed by atoms with Crippen LogP contribution in [0.5, 0.6) is 0 Å². The summed E-state index contributed by atoms with van der Waals surface area (Å²) < 4.78 is 13.3. The second-order valence-corrected chi connectivity index (χ2v) is 34.3. The first kappa shape index (κ1) is 77.4. The SMILES string of the molecule is C.CC1(C)OB(c2ccc3c(c2)C2(c4ccccc4-3)c3ccccc3C3(c4ccccc4)c4ccccc4-c4cccc2c43)OC1(C)C.Clc1cc(-c2ccccc2)nc(-c2ccccc2)n1.[BH4-].c1ccc(-c2cc(-c3ccc4c(c3)C3(c5ccccc5-4)c4ccccc4C4(c5ccccc5)c5ccccc5-c5cccc3c54)nc(-c3ccccc3)n2)cc1. The second kappa shape index (κ2) is 29.7. The van der Waals surface area contributed by atoms with Crippen molar-refractivity contribution in [3.63, 3.8) is 0 Å². The van der Waals surface area contributed by atoms with E-state index in [1.807, 2.05) is 66.7 Å². The van der Waals surface area contributed by atoms with Gasteiger partial charge in [0, 0.05) is 33.9 Å². The number of aromatic nitrogens is 4. The van der Waals surface area contributed by atoms with Gasteiger partial charge in [-0.15, -0.1) is 0 Å². The lowest BCUT2D eigenvalue weighted by Gasteiger charge is -2.48. The molecule has 1 saturated heterocycles. The fourth-order valence-electron chi connectivity index (χ4n) is 21.7. The van der Waals surface area contributed by atoms with Gasteiger partial charge in [-0.05, 0) is 179 Å². The molecule has 4 unspecified atom stereocenters. The largest absolute Gasteiger partial charge is 0.494 e. The van der Waals surface area contributed by atoms with Gasteiger partial charge in [0.2, 0.25) is 0 Å². The van der Waals surface area contributed by atoms with Crippen LogP contribution in [0.15, 0.2) is 413 Å². The molecule has 0 radical (unpaired) electrons. The zero-order chi connectivity index (χ0) is 81.7. The molecular weight excluding hydrogens is 1530 g/mol. The van der Waals surface area contributed by atoms with Crippen LogP contribution in [0.25, 0.3) is 101 Å². The number of benzene rings is 16. The van der Waals surface area contributed by atoms with Crippen LogP contribution >= 0.6 is 11.6 Å². The van der Waals surface area contributed by atoms with Crippen LogP contribution in [0, 0.1) is 0 Å². The summed E-state index contributed by atoms with van der Waals surface area (Å²) in [5.41, 5.74) is 37.7. The van der Waals surface area contributed by atoms with Gasteiger partial charge in [0.05, 0.1) is 49.9 Å². The summed E-state index contributed by atoms with van der Waals surface area (Å²) in [6.45, 7) is 8.51. The van der Waals surface area contributed by atoms with Crippen molar-refractivity contribution < 1.29 is 9.31 Å². The van der Waals surface area contributed by atoms with E-state index in [0.29, 0.717) is 11.0 Å². The van der Waals surface area contributed by atoms with E-state index < -0.39 is 40.0 Å². The molecule has 1 aliphatic heterocycles. The van der Waals surface area contributed by atoms with Gasteiger partial charge in [0.15, 0.2) is 11.6 Å². The Kier molecular flexibility index (Phi) is 18.5. The van der Waals surface area contributed by atoms with Crippen molar-refractivity contribution >= 4 is 32.6 Å². The molecule has 0 saturated carbocycles. The molecule has 6 aliphatic carbocycles. The van der Waals surface area contributed by atoms with E-state index in [1.165, 1.54) is 134 Å². The molecule has 25 rings (SSSR count). The van der Waals surface area contributed by atoms with Gasteiger partial charge in [-0.25, -0.2) is 19.9 Å². The zero-order valence-corrected chi connectivity index (χ0v) is 68.6. The van der Waals surface area contributed by atoms with Crippen molar-refractivity contribution in [1.29, 1.82) is 0 Å². The van der Waals surface area contributed by atoms with Gasteiger partial charge in [-0.2, -0.15) is 0 Å². The van der Waals surface area contributed by atoms with Crippen LogP contribution in [0.2, 0.25) is 5.15 Å². The molecule has 594 valence electrons. The number of hydrogen-bond donors (Lipinski definition) is 0. The molecule has 2 aromatic heterocycles. The maximum Gasteiger partial charge on any atom is 0.494 e. The highest BCUT2D eigenvalue weighted by Crippen LogP contribution is 2.71. The Balaban J connectivity index is 0.000000125. The van der Waals surface area contributed by atoms with Crippen LogP contribution < -0.4 is 5.46 Å². The smallest absolute Gasteiger partial charge is 0.399 e. The zero-order valence-electron chi connectivity index (χ0n) is 67.8. The van der Waals surface area contributed by atoms with Crippen molar-refractivity contribution in [1.82, 2.24) is 19.9 Å². The van der Waals surface area contributed by atoms with E-state index in [-0.39, 0.29) is 15.8 Å². The fourth-order valence-corrected chi connectivity index (χ4v) is 21.9. The topological polar surface area (TPSA) is 70.0 Å². The van der Waals surface area contributed by atoms with Crippen LogP contribution in [0.3, 0.4) is 0 Å². The molecule has 16 aromatic carbocycles.